The predicted octanol–water partition coefficient (Wildman–Crippen LogP) is 2.74. The third-order valence-electron chi connectivity index (χ3n) is 3.37. The first-order valence-corrected chi connectivity index (χ1v) is 7.03. The van der Waals surface area contributed by atoms with Crippen molar-refractivity contribution in [3.8, 4) is 5.75 Å². The summed E-state index contributed by atoms with van der Waals surface area (Å²) in [6.07, 6.45) is 4.28. The van der Waals surface area contributed by atoms with Crippen LogP contribution in [0.1, 0.15) is 32.0 Å². The molecule has 0 amide bonds. The number of hydrogen-bond donors (Lipinski definition) is 1. The summed E-state index contributed by atoms with van der Waals surface area (Å²) in [4.78, 5) is 4.74. The molecule has 0 spiro atoms. The first-order chi connectivity index (χ1) is 9.30. The highest BCUT2D eigenvalue weighted by Crippen LogP contribution is 2.23. The minimum Gasteiger partial charge on any atom is -0.497 e. The van der Waals surface area contributed by atoms with Gasteiger partial charge >= 0.3 is 0 Å². The molecule has 19 heavy (non-hydrogen) atoms. The van der Waals surface area contributed by atoms with E-state index in [2.05, 4.69) is 17.6 Å². The summed E-state index contributed by atoms with van der Waals surface area (Å²) in [7, 11) is 1.69. The Morgan fingerprint density at radius 1 is 1.32 bits per heavy atom. The lowest BCUT2D eigenvalue weighted by atomic mass is 10.2. The van der Waals surface area contributed by atoms with Gasteiger partial charge in [0.15, 0.2) is 0 Å². The lowest BCUT2D eigenvalue weighted by molar-refractivity contribution is 0.415. The Kier molecular flexibility index (Phi) is 4.80. The van der Waals surface area contributed by atoms with Crippen molar-refractivity contribution in [2.75, 3.05) is 13.7 Å². The fraction of sp³-hybridized carbons (Fsp3) is 0.533. The number of imidazole rings is 1. The van der Waals surface area contributed by atoms with E-state index < -0.39 is 0 Å². The molecule has 2 aromatic rings. The van der Waals surface area contributed by atoms with Crippen LogP contribution in [0.2, 0.25) is 0 Å². The van der Waals surface area contributed by atoms with Crippen LogP contribution in [0.4, 0.5) is 0 Å². The monoisotopic (exact) mass is 261 g/mol. The highest BCUT2D eigenvalue weighted by atomic mass is 16.5. The SMILES string of the molecule is CCCCn1c(CCCN)nc2cc(OC)ccc21. The summed E-state index contributed by atoms with van der Waals surface area (Å²) in [5.41, 5.74) is 7.82. The zero-order valence-corrected chi connectivity index (χ0v) is 11.9. The highest BCUT2D eigenvalue weighted by molar-refractivity contribution is 5.77. The van der Waals surface area contributed by atoms with Crippen molar-refractivity contribution in [1.82, 2.24) is 9.55 Å². The molecule has 0 fully saturated rings. The van der Waals surface area contributed by atoms with Crippen LogP contribution in [-0.4, -0.2) is 23.2 Å². The fourth-order valence-electron chi connectivity index (χ4n) is 2.30. The minimum absolute atomic E-state index is 0.709. The number of benzene rings is 1. The van der Waals surface area contributed by atoms with E-state index >= 15 is 0 Å². The van der Waals surface area contributed by atoms with E-state index in [-0.39, 0.29) is 0 Å². The van der Waals surface area contributed by atoms with Crippen LogP contribution < -0.4 is 10.5 Å². The zero-order chi connectivity index (χ0) is 13.7. The topological polar surface area (TPSA) is 53.1 Å². The van der Waals surface area contributed by atoms with Crippen LogP contribution in [0.25, 0.3) is 11.0 Å². The van der Waals surface area contributed by atoms with Crippen molar-refractivity contribution in [3.05, 3.63) is 24.0 Å². The van der Waals surface area contributed by atoms with Gasteiger partial charge < -0.3 is 15.0 Å². The average molecular weight is 261 g/mol. The number of aryl methyl sites for hydroxylation is 2. The Balaban J connectivity index is 2.39. The number of fused-ring (bicyclic) bond motifs is 1. The van der Waals surface area contributed by atoms with E-state index in [1.54, 1.807) is 7.11 Å². The number of nitrogens with two attached hydrogens (primary N) is 1. The van der Waals surface area contributed by atoms with Crippen molar-refractivity contribution in [2.24, 2.45) is 5.73 Å². The number of hydrogen-bond acceptors (Lipinski definition) is 3. The summed E-state index contributed by atoms with van der Waals surface area (Å²) in [5.74, 6) is 2.00. The van der Waals surface area contributed by atoms with Gasteiger partial charge in [0.2, 0.25) is 0 Å². The van der Waals surface area contributed by atoms with E-state index in [4.69, 9.17) is 15.5 Å². The van der Waals surface area contributed by atoms with Crippen LogP contribution in [-0.2, 0) is 13.0 Å². The third kappa shape index (κ3) is 3.07. The molecular formula is C15H23N3O. The number of methoxy groups -OCH3 is 1. The Morgan fingerprint density at radius 2 is 2.16 bits per heavy atom. The maximum atomic E-state index is 5.61. The van der Waals surface area contributed by atoms with Gasteiger partial charge in [-0.25, -0.2) is 4.98 Å². The first kappa shape index (κ1) is 13.9. The summed E-state index contributed by atoms with van der Waals surface area (Å²) in [6, 6.07) is 6.10. The van der Waals surface area contributed by atoms with Crippen LogP contribution in [0, 0.1) is 0 Å². The van der Waals surface area contributed by atoms with Crippen LogP contribution in [0.3, 0.4) is 0 Å². The second kappa shape index (κ2) is 6.57. The number of ether oxygens (including phenoxy) is 1. The minimum atomic E-state index is 0.709. The van der Waals surface area contributed by atoms with Gasteiger partial charge in [0.25, 0.3) is 0 Å². The fourth-order valence-corrected chi connectivity index (χ4v) is 2.30. The molecule has 0 bridgehead atoms. The molecule has 0 atom stereocenters. The van der Waals surface area contributed by atoms with Gasteiger partial charge in [-0.2, -0.15) is 0 Å². The summed E-state index contributed by atoms with van der Waals surface area (Å²) >= 11 is 0. The molecule has 4 nitrogen and oxygen atoms in total. The van der Waals surface area contributed by atoms with Gasteiger partial charge in [-0.3, -0.25) is 0 Å². The first-order valence-electron chi connectivity index (χ1n) is 7.03. The highest BCUT2D eigenvalue weighted by Gasteiger charge is 2.10. The largest absolute Gasteiger partial charge is 0.497 e. The molecule has 2 N–H and O–H groups in total. The number of rotatable bonds is 7. The molecule has 0 saturated carbocycles. The second-order valence-electron chi connectivity index (χ2n) is 4.78. The molecule has 0 saturated heterocycles. The molecule has 4 heteroatoms. The Morgan fingerprint density at radius 3 is 2.84 bits per heavy atom. The van der Waals surface area contributed by atoms with E-state index in [1.165, 1.54) is 18.4 Å². The van der Waals surface area contributed by atoms with Gasteiger partial charge in [0, 0.05) is 19.0 Å². The van der Waals surface area contributed by atoms with E-state index in [0.717, 1.165) is 36.5 Å². The van der Waals surface area contributed by atoms with E-state index in [0.29, 0.717) is 6.54 Å². The summed E-state index contributed by atoms with van der Waals surface area (Å²) in [6.45, 7) is 3.95. The van der Waals surface area contributed by atoms with E-state index in [9.17, 15) is 0 Å². The zero-order valence-electron chi connectivity index (χ0n) is 11.9. The number of aromatic nitrogens is 2. The second-order valence-corrected chi connectivity index (χ2v) is 4.78. The lowest BCUT2D eigenvalue weighted by Gasteiger charge is -2.08. The van der Waals surface area contributed by atoms with Crippen molar-refractivity contribution in [1.29, 1.82) is 0 Å². The van der Waals surface area contributed by atoms with Crippen LogP contribution >= 0.6 is 0 Å². The molecular weight excluding hydrogens is 238 g/mol. The van der Waals surface area contributed by atoms with Crippen molar-refractivity contribution in [2.45, 2.75) is 39.2 Å². The molecule has 1 aromatic heterocycles. The van der Waals surface area contributed by atoms with Crippen LogP contribution in [0.5, 0.6) is 5.75 Å². The summed E-state index contributed by atoms with van der Waals surface area (Å²) < 4.78 is 7.59. The Labute approximate surface area is 114 Å². The normalized spacial score (nSPS) is 11.1. The molecule has 0 aliphatic heterocycles. The molecule has 0 unspecified atom stereocenters. The van der Waals surface area contributed by atoms with Crippen molar-refractivity contribution in [3.63, 3.8) is 0 Å². The third-order valence-corrected chi connectivity index (χ3v) is 3.37. The van der Waals surface area contributed by atoms with Crippen molar-refractivity contribution < 1.29 is 4.74 Å². The maximum absolute atomic E-state index is 5.61. The lowest BCUT2D eigenvalue weighted by Crippen LogP contribution is -2.07. The number of unbranched alkanes of at least 4 members (excludes halogenated alkanes) is 1. The standard InChI is InChI=1S/C15H23N3O/c1-3-4-10-18-14-8-7-12(19-2)11-13(14)17-15(18)6-5-9-16/h7-8,11H,3-6,9-10,16H2,1-2H3. The molecule has 0 aliphatic rings. The average Bonchev–Trinajstić information content (AvgIpc) is 2.79. The Hall–Kier alpha value is -1.55. The van der Waals surface area contributed by atoms with Gasteiger partial charge in [0.1, 0.15) is 11.6 Å². The Bertz CT molecular complexity index is 533. The molecule has 104 valence electrons. The molecule has 0 radical (unpaired) electrons. The van der Waals surface area contributed by atoms with Gasteiger partial charge in [0.05, 0.1) is 18.1 Å². The van der Waals surface area contributed by atoms with Crippen molar-refractivity contribution >= 4 is 11.0 Å². The smallest absolute Gasteiger partial charge is 0.121 e. The molecule has 1 aromatic carbocycles. The predicted molar refractivity (Wildman–Crippen MR) is 78.6 cm³/mol. The maximum Gasteiger partial charge on any atom is 0.121 e. The van der Waals surface area contributed by atoms with E-state index in [1.807, 2.05) is 12.1 Å². The quantitative estimate of drug-likeness (QED) is 0.833. The van der Waals surface area contributed by atoms with Crippen LogP contribution in [0.15, 0.2) is 18.2 Å². The number of nitrogens with zero attached hydrogens (tertiary/aromatic N) is 2. The summed E-state index contributed by atoms with van der Waals surface area (Å²) in [5, 5.41) is 0. The molecule has 0 aliphatic carbocycles. The molecule has 2 rings (SSSR count). The van der Waals surface area contributed by atoms with Gasteiger partial charge in [-0.1, -0.05) is 13.3 Å². The van der Waals surface area contributed by atoms with Gasteiger partial charge in [-0.15, -0.1) is 0 Å². The molecule has 1 heterocycles. The van der Waals surface area contributed by atoms with Gasteiger partial charge in [-0.05, 0) is 31.5 Å².